The SMILES string of the molecule is CCN(CC)C1CCN(CC(C#N)(NC2CC2)C2CC2)C1. The average molecular weight is 290 g/mol. The van der Waals surface area contributed by atoms with E-state index in [4.69, 9.17) is 0 Å². The Morgan fingerprint density at radius 3 is 2.43 bits per heavy atom. The molecule has 118 valence electrons. The molecule has 2 atom stereocenters. The van der Waals surface area contributed by atoms with Crippen molar-refractivity contribution in [3.8, 4) is 6.07 Å². The van der Waals surface area contributed by atoms with Gasteiger partial charge in [0.1, 0.15) is 5.54 Å². The minimum absolute atomic E-state index is 0.265. The summed E-state index contributed by atoms with van der Waals surface area (Å²) in [5, 5.41) is 13.5. The highest BCUT2D eigenvalue weighted by Gasteiger charge is 2.49. The van der Waals surface area contributed by atoms with Crippen molar-refractivity contribution in [2.45, 2.75) is 63.6 Å². The summed E-state index contributed by atoms with van der Waals surface area (Å²) in [7, 11) is 0. The zero-order valence-electron chi connectivity index (χ0n) is 13.6. The van der Waals surface area contributed by atoms with E-state index >= 15 is 0 Å². The minimum atomic E-state index is -0.265. The molecule has 21 heavy (non-hydrogen) atoms. The third kappa shape index (κ3) is 3.41. The standard InChI is InChI=1S/C17H30N4/c1-3-21(4-2)16-9-10-20(11-16)13-17(12-18,14-5-6-14)19-15-7-8-15/h14-16,19H,3-11,13H2,1-2H3. The number of nitrogens with zero attached hydrogens (tertiary/aromatic N) is 3. The Labute approximate surface area is 129 Å². The van der Waals surface area contributed by atoms with Crippen LogP contribution in [-0.2, 0) is 0 Å². The number of nitrogens with one attached hydrogen (secondary N) is 1. The van der Waals surface area contributed by atoms with Crippen LogP contribution in [-0.4, -0.2) is 60.1 Å². The smallest absolute Gasteiger partial charge is 0.122 e. The van der Waals surface area contributed by atoms with Crippen LogP contribution in [0.3, 0.4) is 0 Å². The van der Waals surface area contributed by atoms with E-state index in [1.807, 2.05) is 0 Å². The molecule has 0 aromatic rings. The lowest BCUT2D eigenvalue weighted by Crippen LogP contribution is -2.55. The molecule has 3 fully saturated rings. The van der Waals surface area contributed by atoms with Crippen LogP contribution in [0.15, 0.2) is 0 Å². The van der Waals surface area contributed by atoms with E-state index in [9.17, 15) is 5.26 Å². The molecule has 3 rings (SSSR count). The number of likely N-dealkylation sites (tertiary alicyclic amines) is 1. The Balaban J connectivity index is 1.60. The summed E-state index contributed by atoms with van der Waals surface area (Å²) in [6.45, 7) is 10.0. The van der Waals surface area contributed by atoms with Crippen molar-refractivity contribution in [2.75, 3.05) is 32.7 Å². The van der Waals surface area contributed by atoms with E-state index in [-0.39, 0.29) is 5.54 Å². The highest BCUT2D eigenvalue weighted by Crippen LogP contribution is 2.42. The number of hydrogen-bond acceptors (Lipinski definition) is 4. The highest BCUT2D eigenvalue weighted by molar-refractivity contribution is 5.19. The minimum Gasteiger partial charge on any atom is -0.300 e. The Kier molecular flexibility index (Phi) is 4.54. The number of rotatable bonds is 8. The maximum atomic E-state index is 9.84. The molecule has 1 heterocycles. The van der Waals surface area contributed by atoms with Crippen LogP contribution in [0, 0.1) is 17.2 Å². The van der Waals surface area contributed by atoms with Crippen molar-refractivity contribution in [1.82, 2.24) is 15.1 Å². The first kappa shape index (κ1) is 15.3. The molecule has 0 aromatic carbocycles. The van der Waals surface area contributed by atoms with E-state index in [2.05, 4.69) is 35.0 Å². The zero-order chi connectivity index (χ0) is 14.9. The van der Waals surface area contributed by atoms with E-state index < -0.39 is 0 Å². The van der Waals surface area contributed by atoms with Gasteiger partial charge in [0.05, 0.1) is 6.07 Å². The molecule has 2 saturated carbocycles. The molecule has 1 saturated heterocycles. The molecule has 2 unspecified atom stereocenters. The largest absolute Gasteiger partial charge is 0.300 e. The highest BCUT2D eigenvalue weighted by atomic mass is 15.3. The first-order valence-electron chi connectivity index (χ1n) is 8.86. The van der Waals surface area contributed by atoms with Gasteiger partial charge in [-0.2, -0.15) is 5.26 Å². The van der Waals surface area contributed by atoms with Gasteiger partial charge in [0.2, 0.25) is 0 Å². The summed E-state index contributed by atoms with van der Waals surface area (Å²) in [4.78, 5) is 5.11. The Morgan fingerprint density at radius 1 is 1.19 bits per heavy atom. The molecule has 0 aromatic heterocycles. The molecule has 4 heteroatoms. The van der Waals surface area contributed by atoms with Crippen LogP contribution >= 0.6 is 0 Å². The topological polar surface area (TPSA) is 42.3 Å². The maximum absolute atomic E-state index is 9.84. The third-order valence-corrected chi connectivity index (χ3v) is 5.56. The van der Waals surface area contributed by atoms with Crippen LogP contribution in [0.5, 0.6) is 0 Å². The number of hydrogen-bond donors (Lipinski definition) is 1. The van der Waals surface area contributed by atoms with Gasteiger partial charge in [0.25, 0.3) is 0 Å². The first-order chi connectivity index (χ1) is 10.2. The summed E-state index contributed by atoms with van der Waals surface area (Å²) >= 11 is 0. The van der Waals surface area contributed by atoms with Gasteiger partial charge in [0, 0.05) is 25.2 Å². The molecule has 2 aliphatic carbocycles. The monoisotopic (exact) mass is 290 g/mol. The quantitative estimate of drug-likeness (QED) is 0.740. The molecule has 4 nitrogen and oxygen atoms in total. The van der Waals surface area contributed by atoms with Gasteiger partial charge in [-0.1, -0.05) is 13.8 Å². The molecule has 0 radical (unpaired) electrons. The molecule has 1 aliphatic heterocycles. The zero-order valence-corrected chi connectivity index (χ0v) is 13.6. The van der Waals surface area contributed by atoms with Gasteiger partial charge in [-0.05, 0) is 57.7 Å². The Morgan fingerprint density at radius 2 is 1.90 bits per heavy atom. The van der Waals surface area contributed by atoms with E-state index in [1.165, 1.54) is 32.1 Å². The molecule has 1 N–H and O–H groups in total. The van der Waals surface area contributed by atoms with Gasteiger partial charge in [-0.15, -0.1) is 0 Å². The second-order valence-corrected chi connectivity index (χ2v) is 7.17. The van der Waals surface area contributed by atoms with Crippen molar-refractivity contribution >= 4 is 0 Å². The van der Waals surface area contributed by atoms with Crippen LogP contribution < -0.4 is 5.32 Å². The molecule has 3 aliphatic rings. The first-order valence-corrected chi connectivity index (χ1v) is 8.86. The molecular weight excluding hydrogens is 260 g/mol. The predicted octanol–water partition coefficient (Wildman–Crippen LogP) is 1.83. The Bertz CT molecular complexity index is 392. The normalized spacial score (nSPS) is 29.5. The van der Waals surface area contributed by atoms with Gasteiger partial charge < -0.3 is 0 Å². The lowest BCUT2D eigenvalue weighted by atomic mass is 9.94. The summed E-state index contributed by atoms with van der Waals surface area (Å²) in [6, 6.07) is 3.99. The molecule has 0 bridgehead atoms. The fourth-order valence-electron chi connectivity index (χ4n) is 3.97. The molecule has 0 amide bonds. The number of nitriles is 1. The van der Waals surface area contributed by atoms with Crippen LogP contribution in [0.4, 0.5) is 0 Å². The van der Waals surface area contributed by atoms with E-state index in [0.29, 0.717) is 18.0 Å². The van der Waals surface area contributed by atoms with Gasteiger partial charge >= 0.3 is 0 Å². The maximum Gasteiger partial charge on any atom is 0.122 e. The van der Waals surface area contributed by atoms with Crippen LogP contribution in [0.2, 0.25) is 0 Å². The lowest BCUT2D eigenvalue weighted by Gasteiger charge is -2.33. The fourth-order valence-corrected chi connectivity index (χ4v) is 3.97. The average Bonchev–Trinajstić information content (AvgIpc) is 3.40. The second kappa shape index (κ2) is 6.24. The molecular formula is C17H30N4. The van der Waals surface area contributed by atoms with Crippen molar-refractivity contribution in [2.24, 2.45) is 5.92 Å². The van der Waals surface area contributed by atoms with Crippen molar-refractivity contribution in [3.63, 3.8) is 0 Å². The van der Waals surface area contributed by atoms with Crippen molar-refractivity contribution < 1.29 is 0 Å². The summed E-state index contributed by atoms with van der Waals surface area (Å²) < 4.78 is 0. The van der Waals surface area contributed by atoms with Crippen LogP contribution in [0.25, 0.3) is 0 Å². The summed E-state index contributed by atoms with van der Waals surface area (Å²) in [5.74, 6) is 0.593. The van der Waals surface area contributed by atoms with Crippen LogP contribution in [0.1, 0.15) is 46.0 Å². The summed E-state index contributed by atoms with van der Waals surface area (Å²) in [6.07, 6.45) is 6.26. The fraction of sp³-hybridized carbons (Fsp3) is 0.941. The molecule has 0 spiro atoms. The van der Waals surface area contributed by atoms with Gasteiger partial charge in [-0.25, -0.2) is 0 Å². The predicted molar refractivity (Wildman–Crippen MR) is 85.0 cm³/mol. The van der Waals surface area contributed by atoms with E-state index in [1.54, 1.807) is 0 Å². The summed E-state index contributed by atoms with van der Waals surface area (Å²) in [5.41, 5.74) is -0.265. The Hall–Kier alpha value is -0.630. The van der Waals surface area contributed by atoms with Gasteiger partial charge in [0.15, 0.2) is 0 Å². The van der Waals surface area contributed by atoms with Crippen molar-refractivity contribution in [3.05, 3.63) is 0 Å². The van der Waals surface area contributed by atoms with Gasteiger partial charge in [-0.3, -0.25) is 15.1 Å². The number of likely N-dealkylation sites (N-methyl/N-ethyl adjacent to an activating group) is 1. The lowest BCUT2D eigenvalue weighted by molar-refractivity contribution is 0.187. The van der Waals surface area contributed by atoms with Crippen molar-refractivity contribution in [1.29, 1.82) is 5.26 Å². The van der Waals surface area contributed by atoms with E-state index in [0.717, 1.165) is 32.7 Å². The third-order valence-electron chi connectivity index (χ3n) is 5.56. The second-order valence-electron chi connectivity index (χ2n) is 7.17.